The van der Waals surface area contributed by atoms with E-state index in [4.69, 9.17) is 0 Å². The van der Waals surface area contributed by atoms with Gasteiger partial charge in [0.1, 0.15) is 4.88 Å². The van der Waals surface area contributed by atoms with Crippen LogP contribution in [-0.4, -0.2) is 45.6 Å². The zero-order valence-corrected chi connectivity index (χ0v) is 13.4. The summed E-state index contributed by atoms with van der Waals surface area (Å²) in [5.41, 5.74) is 0.798. The third kappa shape index (κ3) is 3.55. The van der Waals surface area contributed by atoms with Gasteiger partial charge in [-0.25, -0.2) is 0 Å². The van der Waals surface area contributed by atoms with Crippen LogP contribution in [0.5, 0.6) is 0 Å². The highest BCUT2D eigenvalue weighted by Gasteiger charge is 2.24. The number of carbonyl (C=O) groups is 1. The first-order valence-corrected chi connectivity index (χ1v) is 8.26. The summed E-state index contributed by atoms with van der Waals surface area (Å²) in [5.74, 6) is -0.0339. The van der Waals surface area contributed by atoms with Crippen LogP contribution in [0.3, 0.4) is 0 Å². The van der Waals surface area contributed by atoms with Crippen LogP contribution in [-0.2, 0) is 6.42 Å². The summed E-state index contributed by atoms with van der Waals surface area (Å²) >= 11 is 1.18. The molecule has 1 aromatic heterocycles. The van der Waals surface area contributed by atoms with Crippen molar-refractivity contribution in [2.75, 3.05) is 13.1 Å². The van der Waals surface area contributed by atoms with E-state index in [9.17, 15) is 4.79 Å². The molecule has 1 fully saturated rings. The molecule has 112 valence electrons. The first kappa shape index (κ1) is 15.4. The molecule has 0 saturated carbocycles. The van der Waals surface area contributed by atoms with Gasteiger partial charge in [-0.1, -0.05) is 17.8 Å². The van der Waals surface area contributed by atoms with Crippen LogP contribution in [0.2, 0.25) is 0 Å². The molecule has 0 unspecified atom stereocenters. The Bertz CT molecular complexity index is 448. The van der Waals surface area contributed by atoms with E-state index in [0.717, 1.165) is 18.7 Å². The minimum Gasteiger partial charge on any atom is -0.350 e. The van der Waals surface area contributed by atoms with Crippen molar-refractivity contribution in [3.63, 3.8) is 0 Å². The maximum Gasteiger partial charge on any atom is 0.265 e. The quantitative estimate of drug-likeness (QED) is 0.904. The normalized spacial score (nSPS) is 21.6. The molecule has 2 rings (SSSR count). The summed E-state index contributed by atoms with van der Waals surface area (Å²) in [7, 11) is 0. The first-order valence-electron chi connectivity index (χ1n) is 7.48. The molecule has 0 aromatic carbocycles. The van der Waals surface area contributed by atoms with Gasteiger partial charge in [-0.05, 0) is 51.2 Å². The van der Waals surface area contributed by atoms with Crippen LogP contribution in [0.25, 0.3) is 0 Å². The van der Waals surface area contributed by atoms with Gasteiger partial charge in [-0.3, -0.25) is 9.69 Å². The van der Waals surface area contributed by atoms with Crippen molar-refractivity contribution in [3.05, 3.63) is 10.6 Å². The van der Waals surface area contributed by atoms with Crippen LogP contribution >= 0.6 is 11.5 Å². The molecule has 0 bridgehead atoms. The fraction of sp³-hybridized carbons (Fsp3) is 0.786. The van der Waals surface area contributed by atoms with E-state index in [0.29, 0.717) is 23.5 Å². The highest BCUT2D eigenvalue weighted by Crippen LogP contribution is 2.19. The van der Waals surface area contributed by atoms with Crippen LogP contribution in [0.4, 0.5) is 0 Å². The van der Waals surface area contributed by atoms with E-state index in [2.05, 4.69) is 33.7 Å². The van der Waals surface area contributed by atoms with Gasteiger partial charge in [0.15, 0.2) is 0 Å². The molecule has 1 N–H and O–H groups in total. The standard InChI is InChI=1S/C14H24N4OS/c1-4-12-13(20-17-16-12)14(19)15-9-11(3)18-8-6-5-7-10(18)2/h10-11H,4-9H2,1-3H3,(H,15,19)/t10-,11-/m0/s1. The van der Waals surface area contributed by atoms with Crippen LogP contribution in [0.15, 0.2) is 0 Å². The number of carbonyl (C=O) groups excluding carboxylic acids is 1. The number of hydrogen-bond donors (Lipinski definition) is 1. The lowest BCUT2D eigenvalue weighted by Gasteiger charge is -2.38. The molecule has 1 saturated heterocycles. The molecule has 0 spiro atoms. The Morgan fingerprint density at radius 3 is 3.05 bits per heavy atom. The second kappa shape index (κ2) is 7.13. The maximum absolute atomic E-state index is 12.2. The fourth-order valence-corrected chi connectivity index (χ4v) is 3.49. The molecule has 0 radical (unpaired) electrons. The van der Waals surface area contributed by atoms with Gasteiger partial charge in [-0.15, -0.1) is 5.10 Å². The average molecular weight is 296 g/mol. The Morgan fingerprint density at radius 1 is 1.55 bits per heavy atom. The second-order valence-electron chi connectivity index (χ2n) is 5.54. The Hall–Kier alpha value is -1.01. The number of amides is 1. The number of piperidine rings is 1. The predicted octanol–water partition coefficient (Wildman–Crippen LogP) is 2.09. The molecular formula is C14H24N4OS. The Labute approximate surface area is 124 Å². The Morgan fingerprint density at radius 2 is 2.35 bits per heavy atom. The van der Waals surface area contributed by atoms with Crippen molar-refractivity contribution in [2.45, 2.75) is 58.5 Å². The number of aromatic nitrogens is 2. The molecular weight excluding hydrogens is 272 g/mol. The zero-order valence-electron chi connectivity index (χ0n) is 12.6. The van der Waals surface area contributed by atoms with E-state index in [1.807, 2.05) is 6.92 Å². The minimum absolute atomic E-state index is 0.0339. The van der Waals surface area contributed by atoms with Crippen molar-refractivity contribution in [1.29, 1.82) is 0 Å². The van der Waals surface area contributed by atoms with Crippen molar-refractivity contribution < 1.29 is 4.79 Å². The third-order valence-corrected chi connectivity index (χ3v) is 4.84. The van der Waals surface area contributed by atoms with Crippen LogP contribution in [0, 0.1) is 0 Å². The molecule has 2 atom stereocenters. The van der Waals surface area contributed by atoms with Gasteiger partial charge >= 0.3 is 0 Å². The summed E-state index contributed by atoms with van der Waals surface area (Å²) in [6.45, 7) is 8.28. The monoisotopic (exact) mass is 296 g/mol. The number of likely N-dealkylation sites (tertiary alicyclic amines) is 1. The van der Waals surface area contributed by atoms with Crippen molar-refractivity contribution in [3.8, 4) is 0 Å². The molecule has 6 heteroatoms. The average Bonchev–Trinajstić information content (AvgIpc) is 2.93. The summed E-state index contributed by atoms with van der Waals surface area (Å²) in [5, 5.41) is 7.01. The Balaban J connectivity index is 1.86. The van der Waals surface area contributed by atoms with Crippen molar-refractivity contribution >= 4 is 17.4 Å². The van der Waals surface area contributed by atoms with Gasteiger partial charge in [0.25, 0.3) is 5.91 Å². The van der Waals surface area contributed by atoms with E-state index in [1.165, 1.54) is 30.8 Å². The van der Waals surface area contributed by atoms with E-state index in [-0.39, 0.29) is 5.91 Å². The summed E-state index contributed by atoms with van der Waals surface area (Å²) in [4.78, 5) is 15.3. The number of hydrogen-bond acceptors (Lipinski definition) is 5. The third-order valence-electron chi connectivity index (χ3n) is 4.08. The van der Waals surface area contributed by atoms with Gasteiger partial charge in [0.05, 0.1) is 5.69 Å². The fourth-order valence-electron chi connectivity index (χ4n) is 2.83. The first-order chi connectivity index (χ1) is 9.63. The number of nitrogens with one attached hydrogen (secondary N) is 1. The molecule has 1 aliphatic heterocycles. The van der Waals surface area contributed by atoms with Gasteiger partial charge in [0.2, 0.25) is 0 Å². The molecule has 1 aromatic rings. The largest absolute Gasteiger partial charge is 0.350 e. The SMILES string of the molecule is CCc1nnsc1C(=O)NC[C@H](C)N1CCCC[C@@H]1C. The minimum atomic E-state index is -0.0339. The van der Waals surface area contributed by atoms with Crippen molar-refractivity contribution in [2.24, 2.45) is 0 Å². The van der Waals surface area contributed by atoms with E-state index in [1.54, 1.807) is 0 Å². The topological polar surface area (TPSA) is 58.1 Å². The molecule has 0 aliphatic carbocycles. The maximum atomic E-state index is 12.2. The van der Waals surface area contributed by atoms with Gasteiger partial charge in [-0.2, -0.15) is 0 Å². The Kier molecular flexibility index (Phi) is 5.48. The summed E-state index contributed by atoms with van der Waals surface area (Å²) < 4.78 is 3.86. The lowest BCUT2D eigenvalue weighted by Crippen LogP contribution is -2.48. The number of aryl methyl sites for hydroxylation is 1. The lowest BCUT2D eigenvalue weighted by molar-refractivity contribution is 0.0889. The predicted molar refractivity (Wildman–Crippen MR) is 81.1 cm³/mol. The summed E-state index contributed by atoms with van der Waals surface area (Å²) in [6, 6.07) is 0.993. The zero-order chi connectivity index (χ0) is 14.5. The second-order valence-corrected chi connectivity index (χ2v) is 6.30. The van der Waals surface area contributed by atoms with Gasteiger partial charge < -0.3 is 5.32 Å². The molecule has 1 aliphatic rings. The highest BCUT2D eigenvalue weighted by molar-refractivity contribution is 7.08. The molecule has 20 heavy (non-hydrogen) atoms. The smallest absolute Gasteiger partial charge is 0.265 e. The van der Waals surface area contributed by atoms with Crippen LogP contribution in [0.1, 0.15) is 55.4 Å². The molecule has 5 nitrogen and oxygen atoms in total. The van der Waals surface area contributed by atoms with Gasteiger partial charge in [0, 0.05) is 18.6 Å². The van der Waals surface area contributed by atoms with E-state index >= 15 is 0 Å². The lowest BCUT2D eigenvalue weighted by atomic mass is 10.0. The molecule has 1 amide bonds. The van der Waals surface area contributed by atoms with Crippen LogP contribution < -0.4 is 5.32 Å². The molecule has 2 heterocycles. The van der Waals surface area contributed by atoms with E-state index < -0.39 is 0 Å². The number of nitrogens with zero attached hydrogens (tertiary/aromatic N) is 3. The highest BCUT2D eigenvalue weighted by atomic mass is 32.1. The van der Waals surface area contributed by atoms with Crippen molar-refractivity contribution in [1.82, 2.24) is 19.8 Å². The summed E-state index contributed by atoms with van der Waals surface area (Å²) in [6.07, 6.45) is 4.60. The number of rotatable bonds is 5.